The van der Waals surface area contributed by atoms with E-state index < -0.39 is 5.82 Å². The molecule has 2 aromatic rings. The molecule has 2 nitrogen and oxygen atoms in total. The van der Waals surface area contributed by atoms with Crippen molar-refractivity contribution in [2.45, 2.75) is 19.9 Å². The minimum absolute atomic E-state index is 0.0839. The number of benzene rings is 2. The highest BCUT2D eigenvalue weighted by Gasteiger charge is 2.06. The molecule has 0 unspecified atom stereocenters. The summed E-state index contributed by atoms with van der Waals surface area (Å²) in [7, 11) is 0. The Morgan fingerprint density at radius 2 is 1.89 bits per heavy atom. The Hall–Kier alpha value is -2.34. The van der Waals surface area contributed by atoms with Gasteiger partial charge in [0.25, 0.3) is 0 Å². The molecule has 0 aliphatic carbocycles. The van der Waals surface area contributed by atoms with E-state index in [1.54, 1.807) is 12.1 Å². The molecule has 3 heteroatoms. The zero-order valence-electron chi connectivity index (χ0n) is 10.8. The van der Waals surface area contributed by atoms with Crippen LogP contribution in [0.15, 0.2) is 42.5 Å². The third-order valence-corrected chi connectivity index (χ3v) is 3.04. The molecule has 0 aromatic heterocycles. The van der Waals surface area contributed by atoms with Crippen LogP contribution in [0, 0.1) is 17.1 Å². The maximum absolute atomic E-state index is 13.8. The van der Waals surface area contributed by atoms with E-state index in [4.69, 9.17) is 5.26 Å². The third kappa shape index (κ3) is 3.11. The molecule has 0 spiro atoms. The maximum atomic E-state index is 13.8. The molecule has 19 heavy (non-hydrogen) atoms. The summed E-state index contributed by atoms with van der Waals surface area (Å²) in [5.41, 5.74) is 2.79. The van der Waals surface area contributed by atoms with E-state index in [1.807, 2.05) is 30.3 Å². The second kappa shape index (κ2) is 6.01. The molecule has 2 aromatic carbocycles. The number of nitrogens with one attached hydrogen (secondary N) is 1. The van der Waals surface area contributed by atoms with E-state index in [0.717, 1.165) is 12.1 Å². The number of aryl methyl sites for hydroxylation is 1. The highest BCUT2D eigenvalue weighted by atomic mass is 19.1. The smallest absolute Gasteiger partial charge is 0.145 e. The van der Waals surface area contributed by atoms with E-state index in [1.165, 1.54) is 11.6 Å². The molecular formula is C16H15FN2. The fraction of sp³-hybridized carbons (Fsp3) is 0.188. The van der Waals surface area contributed by atoms with E-state index in [2.05, 4.69) is 12.2 Å². The van der Waals surface area contributed by atoms with Crippen LogP contribution in [0.1, 0.15) is 23.6 Å². The van der Waals surface area contributed by atoms with Crippen molar-refractivity contribution in [2.24, 2.45) is 0 Å². The Morgan fingerprint density at radius 1 is 1.16 bits per heavy atom. The molecule has 0 amide bonds. The van der Waals surface area contributed by atoms with Crippen LogP contribution in [0.5, 0.6) is 0 Å². The zero-order valence-corrected chi connectivity index (χ0v) is 10.8. The second-order valence-corrected chi connectivity index (χ2v) is 4.29. The minimum Gasteiger partial charge on any atom is -0.381 e. The Balaban J connectivity index is 2.08. The SMILES string of the molecule is CCc1ccc(NCc2cccc(C#N)c2F)cc1. The van der Waals surface area contributed by atoms with Gasteiger partial charge >= 0.3 is 0 Å². The summed E-state index contributed by atoms with van der Waals surface area (Å²) < 4.78 is 13.8. The Labute approximate surface area is 112 Å². The van der Waals surface area contributed by atoms with Gasteiger partial charge in [0.15, 0.2) is 0 Å². The summed E-state index contributed by atoms with van der Waals surface area (Å²) in [5, 5.41) is 11.9. The van der Waals surface area contributed by atoms with Gasteiger partial charge in [-0.05, 0) is 30.2 Å². The van der Waals surface area contributed by atoms with E-state index in [0.29, 0.717) is 12.1 Å². The predicted molar refractivity (Wildman–Crippen MR) is 74.3 cm³/mol. The number of nitrogens with zero attached hydrogens (tertiary/aromatic N) is 1. The average molecular weight is 254 g/mol. The second-order valence-electron chi connectivity index (χ2n) is 4.29. The predicted octanol–water partition coefficient (Wildman–Crippen LogP) is 3.87. The molecule has 0 radical (unpaired) electrons. The van der Waals surface area contributed by atoms with Crippen LogP contribution in [0.2, 0.25) is 0 Å². The lowest BCUT2D eigenvalue weighted by Gasteiger charge is -2.08. The van der Waals surface area contributed by atoms with Crippen molar-refractivity contribution in [1.82, 2.24) is 0 Å². The Bertz CT molecular complexity index is 597. The largest absolute Gasteiger partial charge is 0.381 e. The molecule has 0 bridgehead atoms. The van der Waals surface area contributed by atoms with Gasteiger partial charge in [0.2, 0.25) is 0 Å². The van der Waals surface area contributed by atoms with Gasteiger partial charge in [-0.25, -0.2) is 4.39 Å². The number of anilines is 1. The lowest BCUT2D eigenvalue weighted by atomic mass is 10.1. The van der Waals surface area contributed by atoms with E-state index >= 15 is 0 Å². The summed E-state index contributed by atoms with van der Waals surface area (Å²) in [6.45, 7) is 2.47. The molecule has 1 N–H and O–H groups in total. The minimum atomic E-state index is -0.442. The third-order valence-electron chi connectivity index (χ3n) is 3.04. The topological polar surface area (TPSA) is 35.8 Å². The fourth-order valence-electron chi connectivity index (χ4n) is 1.86. The first-order chi connectivity index (χ1) is 9.24. The van der Waals surface area contributed by atoms with Crippen LogP contribution >= 0.6 is 0 Å². The molecule has 0 aliphatic rings. The summed E-state index contributed by atoms with van der Waals surface area (Å²) in [5.74, 6) is -0.442. The number of nitriles is 1. The molecule has 0 saturated heterocycles. The lowest BCUT2D eigenvalue weighted by molar-refractivity contribution is 0.609. The van der Waals surface area contributed by atoms with Crippen LogP contribution in [0.3, 0.4) is 0 Å². The first-order valence-corrected chi connectivity index (χ1v) is 6.25. The monoisotopic (exact) mass is 254 g/mol. The first kappa shape index (κ1) is 13.1. The number of hydrogen-bond donors (Lipinski definition) is 1. The number of hydrogen-bond acceptors (Lipinski definition) is 2. The van der Waals surface area contributed by atoms with Gasteiger partial charge in [0.05, 0.1) is 5.56 Å². The van der Waals surface area contributed by atoms with Gasteiger partial charge in [-0.2, -0.15) is 5.26 Å². The van der Waals surface area contributed by atoms with Crippen LogP contribution in [0.4, 0.5) is 10.1 Å². The van der Waals surface area contributed by atoms with Gasteiger partial charge in [-0.1, -0.05) is 31.2 Å². The normalized spacial score (nSPS) is 9.95. The quantitative estimate of drug-likeness (QED) is 0.899. The summed E-state index contributed by atoms with van der Waals surface area (Å²) in [6.07, 6.45) is 0.999. The van der Waals surface area contributed by atoms with Gasteiger partial charge in [-0.15, -0.1) is 0 Å². The molecule has 0 fully saturated rings. The molecule has 2 rings (SSSR count). The molecule has 0 atom stereocenters. The van der Waals surface area contributed by atoms with Crippen molar-refractivity contribution in [3.05, 3.63) is 65.0 Å². The maximum Gasteiger partial charge on any atom is 0.145 e. The highest BCUT2D eigenvalue weighted by Crippen LogP contribution is 2.15. The fourth-order valence-corrected chi connectivity index (χ4v) is 1.86. The molecule has 0 aliphatic heterocycles. The summed E-state index contributed by atoms with van der Waals surface area (Å²) in [4.78, 5) is 0. The zero-order chi connectivity index (χ0) is 13.7. The van der Waals surface area contributed by atoms with Crippen LogP contribution in [-0.2, 0) is 13.0 Å². The lowest BCUT2D eigenvalue weighted by Crippen LogP contribution is -2.03. The molecular weight excluding hydrogens is 239 g/mol. The van der Waals surface area contributed by atoms with Crippen LogP contribution < -0.4 is 5.32 Å². The van der Waals surface area contributed by atoms with Crippen LogP contribution in [-0.4, -0.2) is 0 Å². The number of rotatable bonds is 4. The van der Waals surface area contributed by atoms with Crippen LogP contribution in [0.25, 0.3) is 0 Å². The highest BCUT2D eigenvalue weighted by molar-refractivity contribution is 5.46. The molecule has 0 heterocycles. The van der Waals surface area contributed by atoms with Crippen molar-refractivity contribution in [3.8, 4) is 6.07 Å². The average Bonchev–Trinajstić information content (AvgIpc) is 2.47. The van der Waals surface area contributed by atoms with Gasteiger partial charge in [-0.3, -0.25) is 0 Å². The molecule has 0 saturated carbocycles. The van der Waals surface area contributed by atoms with Gasteiger partial charge < -0.3 is 5.32 Å². The summed E-state index contributed by atoms with van der Waals surface area (Å²) >= 11 is 0. The Morgan fingerprint density at radius 3 is 2.53 bits per heavy atom. The van der Waals surface area contributed by atoms with Crippen molar-refractivity contribution in [1.29, 1.82) is 5.26 Å². The first-order valence-electron chi connectivity index (χ1n) is 6.25. The van der Waals surface area contributed by atoms with Crippen molar-refractivity contribution in [3.63, 3.8) is 0 Å². The molecule has 96 valence electrons. The Kier molecular flexibility index (Phi) is 4.15. The van der Waals surface area contributed by atoms with Crippen molar-refractivity contribution in [2.75, 3.05) is 5.32 Å². The standard InChI is InChI=1S/C16H15FN2/c1-2-12-6-8-15(9-7-12)19-11-14-5-3-4-13(10-18)16(14)17/h3-9,19H,2,11H2,1H3. The van der Waals surface area contributed by atoms with E-state index in [9.17, 15) is 4.39 Å². The summed E-state index contributed by atoms with van der Waals surface area (Å²) in [6, 6.07) is 14.8. The number of halogens is 1. The van der Waals surface area contributed by atoms with E-state index in [-0.39, 0.29) is 5.56 Å². The van der Waals surface area contributed by atoms with Gasteiger partial charge in [0.1, 0.15) is 11.9 Å². The van der Waals surface area contributed by atoms with Crippen molar-refractivity contribution < 1.29 is 4.39 Å². The van der Waals surface area contributed by atoms with Gasteiger partial charge in [0, 0.05) is 17.8 Å². The van der Waals surface area contributed by atoms with Crippen molar-refractivity contribution >= 4 is 5.69 Å².